The fourth-order valence-corrected chi connectivity index (χ4v) is 1.80. The first-order valence-corrected chi connectivity index (χ1v) is 5.61. The minimum Gasteiger partial charge on any atom is -0.380 e. The van der Waals surface area contributed by atoms with Gasteiger partial charge in [-0.1, -0.05) is 18.5 Å². The summed E-state index contributed by atoms with van der Waals surface area (Å²) >= 11 is 5.69. The number of nitrogens with one attached hydrogen (secondary N) is 1. The molecule has 3 heteroatoms. The summed E-state index contributed by atoms with van der Waals surface area (Å²) < 4.78 is 13.5. The number of hydrogen-bond acceptors (Lipinski definition) is 1. The molecule has 2 rings (SSSR count). The Hall–Kier alpha value is -0.760. The highest BCUT2D eigenvalue weighted by molar-refractivity contribution is 6.30. The van der Waals surface area contributed by atoms with Crippen molar-refractivity contribution in [2.75, 3.05) is 5.32 Å². The Bertz CT molecular complexity index is 374. The molecule has 0 radical (unpaired) electrons. The van der Waals surface area contributed by atoms with E-state index in [0.29, 0.717) is 22.2 Å². The van der Waals surface area contributed by atoms with Crippen LogP contribution in [0.2, 0.25) is 5.02 Å². The number of halogens is 2. The van der Waals surface area contributed by atoms with E-state index in [-0.39, 0.29) is 5.82 Å². The Labute approximate surface area is 94.6 Å². The molecule has 0 amide bonds. The summed E-state index contributed by atoms with van der Waals surface area (Å²) in [6, 6.07) is 5.04. The molecule has 1 nitrogen and oxygen atoms in total. The molecule has 0 saturated heterocycles. The molecule has 1 aromatic rings. The van der Waals surface area contributed by atoms with Crippen LogP contribution in [0.3, 0.4) is 0 Å². The van der Waals surface area contributed by atoms with Crippen molar-refractivity contribution in [2.24, 2.45) is 5.41 Å². The van der Waals surface area contributed by atoms with Crippen LogP contribution in [0.5, 0.6) is 0 Å². The average molecular weight is 228 g/mol. The van der Waals surface area contributed by atoms with Crippen LogP contribution in [0, 0.1) is 11.2 Å². The van der Waals surface area contributed by atoms with E-state index in [1.165, 1.54) is 18.9 Å². The minimum atomic E-state index is -0.279. The van der Waals surface area contributed by atoms with Gasteiger partial charge >= 0.3 is 0 Å². The van der Waals surface area contributed by atoms with Crippen LogP contribution in [0.15, 0.2) is 18.2 Å². The third kappa shape index (κ3) is 2.25. The van der Waals surface area contributed by atoms with Gasteiger partial charge in [0.1, 0.15) is 5.82 Å². The van der Waals surface area contributed by atoms with Gasteiger partial charge in [-0.3, -0.25) is 0 Å². The van der Waals surface area contributed by atoms with Gasteiger partial charge in [0.2, 0.25) is 0 Å². The maximum atomic E-state index is 13.5. The third-order valence-corrected chi connectivity index (χ3v) is 3.62. The van der Waals surface area contributed by atoms with E-state index in [9.17, 15) is 4.39 Å². The summed E-state index contributed by atoms with van der Waals surface area (Å²) in [5.74, 6) is -0.279. The van der Waals surface area contributed by atoms with Crippen LogP contribution in [0.4, 0.5) is 10.1 Å². The van der Waals surface area contributed by atoms with E-state index in [0.717, 1.165) is 0 Å². The van der Waals surface area contributed by atoms with Gasteiger partial charge in [0.05, 0.1) is 5.69 Å². The molecule has 1 saturated carbocycles. The highest BCUT2D eigenvalue weighted by Crippen LogP contribution is 2.48. The normalized spacial score (nSPS) is 19.7. The van der Waals surface area contributed by atoms with Crippen molar-refractivity contribution < 1.29 is 4.39 Å². The zero-order valence-corrected chi connectivity index (χ0v) is 9.74. The van der Waals surface area contributed by atoms with E-state index in [2.05, 4.69) is 19.2 Å². The standard InChI is InChI=1S/C12H15ClFN/c1-8(12(2)5-6-12)15-11-4-3-9(13)7-10(11)14/h3-4,7-8,15H,5-6H2,1-2H3. The largest absolute Gasteiger partial charge is 0.380 e. The Morgan fingerprint density at radius 1 is 1.47 bits per heavy atom. The van der Waals surface area contributed by atoms with Crippen LogP contribution in [0.25, 0.3) is 0 Å². The molecule has 0 heterocycles. The third-order valence-electron chi connectivity index (χ3n) is 3.39. The molecule has 0 bridgehead atoms. The Kier molecular flexibility index (Phi) is 2.63. The van der Waals surface area contributed by atoms with Gasteiger partial charge in [0, 0.05) is 11.1 Å². The molecular formula is C12H15ClFN. The first-order valence-electron chi connectivity index (χ1n) is 5.23. The summed E-state index contributed by atoms with van der Waals surface area (Å²) in [5, 5.41) is 3.64. The van der Waals surface area contributed by atoms with Crippen molar-refractivity contribution in [3.63, 3.8) is 0 Å². The van der Waals surface area contributed by atoms with Crippen LogP contribution in [-0.4, -0.2) is 6.04 Å². The van der Waals surface area contributed by atoms with Gasteiger partial charge in [-0.05, 0) is 43.4 Å². The Balaban J connectivity index is 2.10. The molecule has 1 unspecified atom stereocenters. The van der Waals surface area contributed by atoms with Crippen LogP contribution < -0.4 is 5.32 Å². The highest BCUT2D eigenvalue weighted by Gasteiger charge is 2.42. The monoisotopic (exact) mass is 227 g/mol. The van der Waals surface area contributed by atoms with Crippen molar-refractivity contribution in [2.45, 2.75) is 32.7 Å². The lowest BCUT2D eigenvalue weighted by Gasteiger charge is -2.21. The van der Waals surface area contributed by atoms with E-state index < -0.39 is 0 Å². The second-order valence-electron chi connectivity index (χ2n) is 4.64. The second-order valence-corrected chi connectivity index (χ2v) is 5.08. The molecule has 1 aliphatic rings. The van der Waals surface area contributed by atoms with Crippen molar-refractivity contribution in [1.82, 2.24) is 0 Å². The molecule has 1 aromatic carbocycles. The predicted molar refractivity (Wildman–Crippen MR) is 61.8 cm³/mol. The van der Waals surface area contributed by atoms with Gasteiger partial charge in [0.25, 0.3) is 0 Å². The van der Waals surface area contributed by atoms with Gasteiger partial charge in [-0.25, -0.2) is 4.39 Å². The van der Waals surface area contributed by atoms with E-state index >= 15 is 0 Å². The smallest absolute Gasteiger partial charge is 0.147 e. The lowest BCUT2D eigenvalue weighted by atomic mass is 10.0. The van der Waals surface area contributed by atoms with Gasteiger partial charge in [0.15, 0.2) is 0 Å². The molecule has 0 aromatic heterocycles. The molecule has 1 atom stereocenters. The van der Waals surface area contributed by atoms with Gasteiger partial charge in [-0.2, -0.15) is 0 Å². The van der Waals surface area contributed by atoms with E-state index in [1.807, 2.05) is 0 Å². The zero-order chi connectivity index (χ0) is 11.1. The molecular weight excluding hydrogens is 213 g/mol. The van der Waals surface area contributed by atoms with Crippen molar-refractivity contribution in [1.29, 1.82) is 0 Å². The van der Waals surface area contributed by atoms with Crippen molar-refractivity contribution in [3.8, 4) is 0 Å². The molecule has 0 aliphatic heterocycles. The summed E-state index contributed by atoms with van der Waals surface area (Å²) in [5.41, 5.74) is 0.881. The molecule has 15 heavy (non-hydrogen) atoms. The molecule has 1 aliphatic carbocycles. The number of benzene rings is 1. The van der Waals surface area contributed by atoms with Crippen molar-refractivity contribution >= 4 is 17.3 Å². The maximum Gasteiger partial charge on any atom is 0.147 e. The SMILES string of the molecule is CC(Nc1ccc(Cl)cc1F)C1(C)CC1. The van der Waals surface area contributed by atoms with Gasteiger partial charge in [-0.15, -0.1) is 0 Å². The summed E-state index contributed by atoms with van der Waals surface area (Å²) in [4.78, 5) is 0. The van der Waals surface area contributed by atoms with Crippen LogP contribution in [0.1, 0.15) is 26.7 Å². The molecule has 0 spiro atoms. The highest BCUT2D eigenvalue weighted by atomic mass is 35.5. The lowest BCUT2D eigenvalue weighted by molar-refractivity contribution is 0.490. The quantitative estimate of drug-likeness (QED) is 0.821. The fraction of sp³-hybridized carbons (Fsp3) is 0.500. The summed E-state index contributed by atoms with van der Waals surface area (Å²) in [7, 11) is 0. The predicted octanol–water partition coefficient (Wildman–Crippen LogP) is 4.08. The Morgan fingerprint density at radius 3 is 2.67 bits per heavy atom. The number of hydrogen-bond donors (Lipinski definition) is 1. The molecule has 1 fully saturated rings. The minimum absolute atomic E-state index is 0.279. The fourth-order valence-electron chi connectivity index (χ4n) is 1.64. The Morgan fingerprint density at radius 2 is 2.13 bits per heavy atom. The molecule has 82 valence electrons. The second kappa shape index (κ2) is 3.67. The number of rotatable bonds is 3. The summed E-state index contributed by atoms with van der Waals surface area (Å²) in [6.45, 7) is 4.32. The van der Waals surface area contributed by atoms with Crippen molar-refractivity contribution in [3.05, 3.63) is 29.0 Å². The van der Waals surface area contributed by atoms with Crippen LogP contribution >= 0.6 is 11.6 Å². The number of anilines is 1. The van der Waals surface area contributed by atoms with Gasteiger partial charge < -0.3 is 5.32 Å². The zero-order valence-electron chi connectivity index (χ0n) is 8.98. The summed E-state index contributed by atoms with van der Waals surface area (Å²) in [6.07, 6.45) is 2.44. The van der Waals surface area contributed by atoms with E-state index in [4.69, 9.17) is 11.6 Å². The van der Waals surface area contributed by atoms with Crippen LogP contribution in [-0.2, 0) is 0 Å². The van der Waals surface area contributed by atoms with E-state index in [1.54, 1.807) is 12.1 Å². The first-order chi connectivity index (χ1) is 7.01. The lowest BCUT2D eigenvalue weighted by Crippen LogP contribution is -2.25. The molecule has 1 N–H and O–H groups in total. The maximum absolute atomic E-state index is 13.5. The average Bonchev–Trinajstić information content (AvgIpc) is 2.90. The first kappa shape index (κ1) is 10.7. The topological polar surface area (TPSA) is 12.0 Å².